The summed E-state index contributed by atoms with van der Waals surface area (Å²) in [5, 5.41) is 16.7. The number of aliphatic hydroxyl groups excluding tert-OH is 1. The SMILES string of the molecule is Cc1cccc(OCCn2cc(CCO)nn2)c1. The fourth-order valence-corrected chi connectivity index (χ4v) is 1.64. The Hall–Kier alpha value is -1.88. The molecule has 5 heteroatoms. The molecule has 0 fully saturated rings. The van der Waals surface area contributed by atoms with E-state index in [4.69, 9.17) is 9.84 Å². The minimum atomic E-state index is 0.0957. The molecule has 2 rings (SSSR count). The lowest BCUT2D eigenvalue weighted by molar-refractivity contribution is 0.289. The van der Waals surface area contributed by atoms with Crippen LogP contribution in [0.5, 0.6) is 5.75 Å². The fraction of sp³-hybridized carbons (Fsp3) is 0.385. The number of ether oxygens (including phenoxy) is 1. The first-order valence-corrected chi connectivity index (χ1v) is 5.97. The summed E-state index contributed by atoms with van der Waals surface area (Å²) in [6, 6.07) is 7.94. The van der Waals surface area contributed by atoms with Gasteiger partial charge in [0.05, 0.1) is 12.2 Å². The number of nitrogens with zero attached hydrogens (tertiary/aromatic N) is 3. The van der Waals surface area contributed by atoms with E-state index in [0.717, 1.165) is 11.4 Å². The number of hydrogen-bond donors (Lipinski definition) is 1. The van der Waals surface area contributed by atoms with Crippen molar-refractivity contribution in [3.8, 4) is 5.75 Å². The van der Waals surface area contributed by atoms with Gasteiger partial charge in [-0.1, -0.05) is 17.3 Å². The molecule has 0 bridgehead atoms. The van der Waals surface area contributed by atoms with Crippen LogP contribution in [-0.2, 0) is 13.0 Å². The molecule has 0 saturated carbocycles. The second-order valence-electron chi connectivity index (χ2n) is 4.11. The average Bonchev–Trinajstić information content (AvgIpc) is 2.78. The smallest absolute Gasteiger partial charge is 0.119 e. The first-order chi connectivity index (χ1) is 8.78. The third-order valence-electron chi connectivity index (χ3n) is 2.53. The van der Waals surface area contributed by atoms with E-state index in [1.165, 1.54) is 5.56 Å². The summed E-state index contributed by atoms with van der Waals surface area (Å²) < 4.78 is 7.34. The van der Waals surface area contributed by atoms with Crippen LogP contribution in [0.15, 0.2) is 30.5 Å². The lowest BCUT2D eigenvalue weighted by Crippen LogP contribution is -2.08. The molecular weight excluding hydrogens is 230 g/mol. The van der Waals surface area contributed by atoms with Crippen molar-refractivity contribution in [3.63, 3.8) is 0 Å². The van der Waals surface area contributed by atoms with Gasteiger partial charge in [-0.25, -0.2) is 4.68 Å². The van der Waals surface area contributed by atoms with E-state index in [9.17, 15) is 0 Å². The Morgan fingerprint density at radius 3 is 3.06 bits per heavy atom. The number of hydrogen-bond acceptors (Lipinski definition) is 4. The van der Waals surface area contributed by atoms with Gasteiger partial charge in [0.1, 0.15) is 12.4 Å². The Balaban J connectivity index is 1.81. The normalized spacial score (nSPS) is 10.6. The van der Waals surface area contributed by atoms with Gasteiger partial charge in [-0.2, -0.15) is 0 Å². The zero-order valence-corrected chi connectivity index (χ0v) is 10.4. The molecule has 1 N–H and O–H groups in total. The van der Waals surface area contributed by atoms with Crippen LogP contribution in [0.1, 0.15) is 11.3 Å². The van der Waals surface area contributed by atoms with Crippen molar-refractivity contribution in [3.05, 3.63) is 41.7 Å². The molecule has 0 radical (unpaired) electrons. The summed E-state index contributed by atoms with van der Waals surface area (Å²) in [6.45, 7) is 3.32. The molecule has 2 aromatic rings. The van der Waals surface area contributed by atoms with Crippen LogP contribution in [0.4, 0.5) is 0 Å². The third kappa shape index (κ3) is 3.56. The van der Waals surface area contributed by atoms with Crippen LogP contribution in [-0.4, -0.2) is 33.3 Å². The van der Waals surface area contributed by atoms with E-state index < -0.39 is 0 Å². The number of aliphatic hydroxyl groups is 1. The quantitative estimate of drug-likeness (QED) is 0.833. The number of benzene rings is 1. The monoisotopic (exact) mass is 247 g/mol. The predicted molar refractivity (Wildman–Crippen MR) is 67.5 cm³/mol. The molecule has 1 aromatic carbocycles. The number of aryl methyl sites for hydroxylation is 1. The van der Waals surface area contributed by atoms with Crippen molar-refractivity contribution < 1.29 is 9.84 Å². The van der Waals surface area contributed by atoms with Crippen molar-refractivity contribution in [2.45, 2.75) is 19.9 Å². The summed E-state index contributed by atoms with van der Waals surface area (Å²) in [4.78, 5) is 0. The second kappa shape index (κ2) is 6.16. The highest BCUT2D eigenvalue weighted by molar-refractivity contribution is 5.27. The standard InChI is InChI=1S/C13H17N3O2/c1-11-3-2-4-13(9-11)18-8-6-16-10-12(5-7-17)14-15-16/h2-4,9-10,17H,5-8H2,1H3. The van der Waals surface area contributed by atoms with Gasteiger partial charge in [-0.3, -0.25) is 0 Å². The Kier molecular flexibility index (Phi) is 4.30. The van der Waals surface area contributed by atoms with Crippen molar-refractivity contribution in [1.29, 1.82) is 0 Å². The maximum absolute atomic E-state index is 8.78. The van der Waals surface area contributed by atoms with Crippen LogP contribution < -0.4 is 4.74 Å². The zero-order valence-electron chi connectivity index (χ0n) is 10.4. The van der Waals surface area contributed by atoms with Gasteiger partial charge >= 0.3 is 0 Å². The maximum Gasteiger partial charge on any atom is 0.119 e. The van der Waals surface area contributed by atoms with Crippen LogP contribution in [0.25, 0.3) is 0 Å². The van der Waals surface area contributed by atoms with Crippen LogP contribution >= 0.6 is 0 Å². The second-order valence-corrected chi connectivity index (χ2v) is 4.11. The van der Waals surface area contributed by atoms with Gasteiger partial charge in [-0.05, 0) is 24.6 Å². The van der Waals surface area contributed by atoms with Crippen LogP contribution in [0.2, 0.25) is 0 Å². The van der Waals surface area contributed by atoms with Gasteiger partial charge in [0.15, 0.2) is 0 Å². The number of rotatable bonds is 6. The van der Waals surface area contributed by atoms with E-state index in [-0.39, 0.29) is 6.61 Å². The molecule has 0 unspecified atom stereocenters. The molecule has 0 spiro atoms. The highest BCUT2D eigenvalue weighted by atomic mass is 16.5. The minimum absolute atomic E-state index is 0.0957. The van der Waals surface area contributed by atoms with E-state index in [2.05, 4.69) is 10.3 Å². The summed E-state index contributed by atoms with van der Waals surface area (Å²) >= 11 is 0. The third-order valence-corrected chi connectivity index (χ3v) is 2.53. The molecule has 0 amide bonds. The first kappa shape index (κ1) is 12.6. The molecule has 0 saturated heterocycles. The molecule has 5 nitrogen and oxygen atoms in total. The highest BCUT2D eigenvalue weighted by Gasteiger charge is 2.00. The van der Waals surface area contributed by atoms with Crippen molar-refractivity contribution in [2.75, 3.05) is 13.2 Å². The Morgan fingerprint density at radius 2 is 2.28 bits per heavy atom. The highest BCUT2D eigenvalue weighted by Crippen LogP contribution is 2.12. The van der Waals surface area contributed by atoms with Gasteiger partial charge in [0, 0.05) is 19.2 Å². The molecule has 18 heavy (non-hydrogen) atoms. The predicted octanol–water partition coefficient (Wildman–Crippen LogP) is 1.20. The Morgan fingerprint density at radius 1 is 1.39 bits per heavy atom. The van der Waals surface area contributed by atoms with Crippen molar-refractivity contribution in [1.82, 2.24) is 15.0 Å². The molecule has 0 aliphatic rings. The fourth-order valence-electron chi connectivity index (χ4n) is 1.64. The summed E-state index contributed by atoms with van der Waals surface area (Å²) in [7, 11) is 0. The summed E-state index contributed by atoms with van der Waals surface area (Å²) in [6.07, 6.45) is 2.37. The van der Waals surface area contributed by atoms with Gasteiger partial charge in [0.25, 0.3) is 0 Å². The summed E-state index contributed by atoms with van der Waals surface area (Å²) in [5.74, 6) is 0.866. The maximum atomic E-state index is 8.78. The Labute approximate surface area is 106 Å². The first-order valence-electron chi connectivity index (χ1n) is 5.97. The molecule has 0 aliphatic carbocycles. The minimum Gasteiger partial charge on any atom is -0.492 e. The van der Waals surface area contributed by atoms with E-state index >= 15 is 0 Å². The molecule has 1 heterocycles. The largest absolute Gasteiger partial charge is 0.492 e. The average molecular weight is 247 g/mol. The molecule has 96 valence electrons. The van der Waals surface area contributed by atoms with Gasteiger partial charge in [-0.15, -0.1) is 5.10 Å². The van der Waals surface area contributed by atoms with Gasteiger partial charge in [0.2, 0.25) is 0 Å². The van der Waals surface area contributed by atoms with E-state index in [0.29, 0.717) is 19.6 Å². The molecule has 0 aliphatic heterocycles. The molecular formula is C13H17N3O2. The van der Waals surface area contributed by atoms with Gasteiger partial charge < -0.3 is 9.84 Å². The van der Waals surface area contributed by atoms with Crippen LogP contribution in [0.3, 0.4) is 0 Å². The molecule has 1 aromatic heterocycles. The van der Waals surface area contributed by atoms with Crippen molar-refractivity contribution in [2.24, 2.45) is 0 Å². The topological polar surface area (TPSA) is 60.2 Å². The summed E-state index contributed by atoms with van der Waals surface area (Å²) in [5.41, 5.74) is 1.98. The van der Waals surface area contributed by atoms with Crippen molar-refractivity contribution >= 4 is 0 Å². The lowest BCUT2D eigenvalue weighted by atomic mass is 10.2. The van der Waals surface area contributed by atoms with Crippen LogP contribution in [0, 0.1) is 6.92 Å². The number of aromatic nitrogens is 3. The molecule has 0 atom stereocenters. The lowest BCUT2D eigenvalue weighted by Gasteiger charge is -2.06. The van der Waals surface area contributed by atoms with E-state index in [1.54, 1.807) is 4.68 Å². The zero-order chi connectivity index (χ0) is 12.8. The Bertz CT molecular complexity index is 496. The van der Waals surface area contributed by atoms with E-state index in [1.807, 2.05) is 37.4 Å².